The molecule has 0 bridgehead atoms. The van der Waals surface area contributed by atoms with Crippen molar-refractivity contribution in [3.05, 3.63) is 11.6 Å². The zero-order chi connectivity index (χ0) is 9.90. The van der Waals surface area contributed by atoms with E-state index in [2.05, 4.69) is 0 Å². The molecule has 1 unspecified atom stereocenters. The Morgan fingerprint density at radius 2 is 2.23 bits per heavy atom. The lowest BCUT2D eigenvalue weighted by Crippen LogP contribution is -2.01. The fourth-order valence-corrected chi connectivity index (χ4v) is 1.87. The van der Waals surface area contributed by atoms with Crippen LogP contribution in [0.15, 0.2) is 11.6 Å². The van der Waals surface area contributed by atoms with E-state index in [1.54, 1.807) is 6.08 Å². The van der Waals surface area contributed by atoms with Crippen LogP contribution in [0.5, 0.6) is 0 Å². The van der Waals surface area contributed by atoms with Gasteiger partial charge in [0.1, 0.15) is 0 Å². The van der Waals surface area contributed by atoms with Gasteiger partial charge in [0.15, 0.2) is 0 Å². The number of aliphatic hydroxyl groups is 1. The van der Waals surface area contributed by atoms with Crippen molar-refractivity contribution in [2.75, 3.05) is 5.75 Å². The highest BCUT2D eigenvalue weighted by molar-refractivity contribution is 8.00. The highest BCUT2D eigenvalue weighted by Gasteiger charge is 2.27. The van der Waals surface area contributed by atoms with E-state index >= 15 is 0 Å². The number of alkyl halides is 3. The van der Waals surface area contributed by atoms with Crippen LogP contribution in [0.1, 0.15) is 19.3 Å². The summed E-state index contributed by atoms with van der Waals surface area (Å²) in [6, 6.07) is 0. The van der Waals surface area contributed by atoms with E-state index in [0.29, 0.717) is 12.8 Å². The average Bonchev–Trinajstić information content (AvgIpc) is 2.33. The Hall–Kier alpha value is -0.160. The Labute approximate surface area is 79.0 Å². The van der Waals surface area contributed by atoms with E-state index in [1.807, 2.05) is 0 Å². The van der Waals surface area contributed by atoms with Crippen LogP contribution < -0.4 is 0 Å². The topological polar surface area (TPSA) is 20.2 Å². The van der Waals surface area contributed by atoms with Crippen molar-refractivity contribution >= 4 is 11.8 Å². The molecule has 0 fully saturated rings. The molecule has 0 radical (unpaired) electrons. The van der Waals surface area contributed by atoms with Gasteiger partial charge in [0.25, 0.3) is 0 Å². The van der Waals surface area contributed by atoms with Crippen LogP contribution in [-0.2, 0) is 0 Å². The Bertz CT molecular complexity index is 200. The standard InChI is InChI=1S/C8H11F3OS/c9-8(10,11)13-4-3-6-1-2-7(12)5-6/h5,7,12H,1-4H2. The molecule has 5 heteroatoms. The number of hydrogen-bond donors (Lipinski definition) is 1. The Morgan fingerprint density at radius 1 is 1.54 bits per heavy atom. The first-order valence-electron chi connectivity index (χ1n) is 4.06. The van der Waals surface area contributed by atoms with E-state index in [9.17, 15) is 13.2 Å². The summed E-state index contributed by atoms with van der Waals surface area (Å²) in [5, 5.41) is 9.05. The van der Waals surface area contributed by atoms with Gasteiger partial charge in [-0.2, -0.15) is 13.2 Å². The van der Waals surface area contributed by atoms with E-state index < -0.39 is 11.6 Å². The molecule has 1 rings (SSSR count). The van der Waals surface area contributed by atoms with Crippen LogP contribution in [0.4, 0.5) is 13.2 Å². The molecular weight excluding hydrogens is 201 g/mol. The maximum atomic E-state index is 11.7. The van der Waals surface area contributed by atoms with Crippen molar-refractivity contribution in [3.63, 3.8) is 0 Å². The molecule has 0 aliphatic heterocycles. The van der Waals surface area contributed by atoms with Gasteiger partial charge in [0, 0.05) is 5.75 Å². The van der Waals surface area contributed by atoms with Gasteiger partial charge in [-0.15, -0.1) is 0 Å². The molecule has 1 nitrogen and oxygen atoms in total. The number of rotatable bonds is 3. The summed E-state index contributed by atoms with van der Waals surface area (Å²) in [5.41, 5.74) is -3.18. The summed E-state index contributed by atoms with van der Waals surface area (Å²) >= 11 is -0.000821. The van der Waals surface area contributed by atoms with Crippen LogP contribution in [0.25, 0.3) is 0 Å². The molecule has 13 heavy (non-hydrogen) atoms. The molecule has 0 heterocycles. The summed E-state index contributed by atoms with van der Waals surface area (Å²) < 4.78 is 35.1. The zero-order valence-corrected chi connectivity index (χ0v) is 7.79. The molecule has 0 saturated carbocycles. The van der Waals surface area contributed by atoms with Crippen LogP contribution in [-0.4, -0.2) is 22.5 Å². The van der Waals surface area contributed by atoms with Gasteiger partial charge in [-0.05, 0) is 19.3 Å². The monoisotopic (exact) mass is 212 g/mol. The first-order valence-corrected chi connectivity index (χ1v) is 5.04. The smallest absolute Gasteiger partial charge is 0.389 e. The van der Waals surface area contributed by atoms with E-state index in [-0.39, 0.29) is 17.5 Å². The Kier molecular flexibility index (Phi) is 3.67. The van der Waals surface area contributed by atoms with Gasteiger partial charge in [0.2, 0.25) is 0 Å². The molecule has 0 amide bonds. The predicted molar refractivity (Wildman–Crippen MR) is 46.5 cm³/mol. The SMILES string of the molecule is OC1C=C(CCSC(F)(F)F)CC1. The summed E-state index contributed by atoms with van der Waals surface area (Å²) in [4.78, 5) is 0. The van der Waals surface area contributed by atoms with Crippen LogP contribution in [0.3, 0.4) is 0 Å². The largest absolute Gasteiger partial charge is 0.441 e. The predicted octanol–water partition coefficient (Wildman–Crippen LogP) is 2.71. The van der Waals surface area contributed by atoms with Crippen molar-refractivity contribution < 1.29 is 18.3 Å². The first-order chi connectivity index (χ1) is 5.97. The summed E-state index contributed by atoms with van der Waals surface area (Å²) in [6.07, 6.45) is 3.05. The normalized spacial score (nSPS) is 23.4. The maximum absolute atomic E-state index is 11.7. The minimum absolute atomic E-state index is 0.000821. The molecule has 76 valence electrons. The highest BCUT2D eigenvalue weighted by Crippen LogP contribution is 2.32. The quantitative estimate of drug-likeness (QED) is 0.726. The van der Waals surface area contributed by atoms with Crippen LogP contribution in [0, 0.1) is 0 Å². The lowest BCUT2D eigenvalue weighted by atomic mass is 10.2. The molecule has 0 aromatic heterocycles. The van der Waals surface area contributed by atoms with Crippen molar-refractivity contribution in [2.45, 2.75) is 30.9 Å². The summed E-state index contributed by atoms with van der Waals surface area (Å²) in [7, 11) is 0. The van der Waals surface area contributed by atoms with Gasteiger partial charge in [-0.3, -0.25) is 0 Å². The fraction of sp³-hybridized carbons (Fsp3) is 0.750. The highest BCUT2D eigenvalue weighted by atomic mass is 32.2. The molecule has 0 aromatic rings. The lowest BCUT2D eigenvalue weighted by molar-refractivity contribution is -0.0327. The third kappa shape index (κ3) is 4.57. The number of aliphatic hydroxyl groups excluding tert-OH is 1. The van der Waals surface area contributed by atoms with Gasteiger partial charge in [-0.1, -0.05) is 23.4 Å². The fourth-order valence-electron chi connectivity index (χ4n) is 1.28. The number of hydrogen-bond acceptors (Lipinski definition) is 2. The van der Waals surface area contributed by atoms with E-state index in [1.165, 1.54) is 0 Å². The average molecular weight is 212 g/mol. The van der Waals surface area contributed by atoms with Gasteiger partial charge >= 0.3 is 5.51 Å². The molecular formula is C8H11F3OS. The van der Waals surface area contributed by atoms with Crippen LogP contribution in [0.2, 0.25) is 0 Å². The third-order valence-corrected chi connectivity index (χ3v) is 2.61. The van der Waals surface area contributed by atoms with Crippen molar-refractivity contribution in [2.24, 2.45) is 0 Å². The number of allylic oxidation sites excluding steroid dienone is 1. The molecule has 0 spiro atoms. The second kappa shape index (κ2) is 4.37. The molecule has 1 aliphatic rings. The molecule has 1 N–H and O–H groups in total. The molecule has 0 aromatic carbocycles. The second-order valence-electron chi connectivity index (χ2n) is 2.98. The van der Waals surface area contributed by atoms with E-state index in [4.69, 9.17) is 5.11 Å². The Morgan fingerprint density at radius 3 is 2.69 bits per heavy atom. The molecule has 1 aliphatic carbocycles. The van der Waals surface area contributed by atoms with E-state index in [0.717, 1.165) is 12.0 Å². The zero-order valence-electron chi connectivity index (χ0n) is 6.97. The molecule has 0 saturated heterocycles. The second-order valence-corrected chi connectivity index (χ2v) is 4.13. The van der Waals surface area contributed by atoms with Crippen LogP contribution >= 0.6 is 11.8 Å². The number of halogens is 3. The summed E-state index contributed by atoms with van der Waals surface area (Å²) in [6.45, 7) is 0. The lowest BCUT2D eigenvalue weighted by Gasteiger charge is -2.05. The maximum Gasteiger partial charge on any atom is 0.441 e. The van der Waals surface area contributed by atoms with Gasteiger partial charge < -0.3 is 5.11 Å². The van der Waals surface area contributed by atoms with Gasteiger partial charge in [-0.25, -0.2) is 0 Å². The Balaban J connectivity index is 2.17. The third-order valence-electron chi connectivity index (χ3n) is 1.88. The number of thioether (sulfide) groups is 1. The minimum atomic E-state index is -4.13. The first kappa shape index (κ1) is 10.9. The minimum Gasteiger partial charge on any atom is -0.389 e. The van der Waals surface area contributed by atoms with Crippen molar-refractivity contribution in [1.29, 1.82) is 0 Å². The van der Waals surface area contributed by atoms with Crippen molar-refractivity contribution in [1.82, 2.24) is 0 Å². The van der Waals surface area contributed by atoms with Crippen molar-refractivity contribution in [3.8, 4) is 0 Å². The molecule has 1 atom stereocenters. The van der Waals surface area contributed by atoms with Gasteiger partial charge in [0.05, 0.1) is 6.10 Å². The summed E-state index contributed by atoms with van der Waals surface area (Å²) in [5.74, 6) is 0.0576.